The number of fused-ring (bicyclic) bond motifs is 1. The van der Waals surface area contributed by atoms with E-state index in [2.05, 4.69) is 31.8 Å². The summed E-state index contributed by atoms with van der Waals surface area (Å²) in [6.07, 6.45) is 2.13. The highest BCUT2D eigenvalue weighted by molar-refractivity contribution is 9.10. The molecule has 0 aliphatic heterocycles. The summed E-state index contributed by atoms with van der Waals surface area (Å²) in [6.45, 7) is 1.80. The molecule has 0 atom stereocenters. The third kappa shape index (κ3) is 4.60. The van der Waals surface area contributed by atoms with Gasteiger partial charge < -0.3 is 9.73 Å². The first-order valence-corrected chi connectivity index (χ1v) is 11.4. The summed E-state index contributed by atoms with van der Waals surface area (Å²) in [5.74, 6) is 0.0900. The number of halogens is 3. The molecule has 0 fully saturated rings. The lowest BCUT2D eigenvalue weighted by molar-refractivity contribution is 0.0952. The number of hydrogen-bond acceptors (Lipinski definition) is 4. The number of rotatable bonds is 4. The zero-order valence-corrected chi connectivity index (χ0v) is 20.1. The van der Waals surface area contributed by atoms with Gasteiger partial charge in [-0.1, -0.05) is 35.3 Å². The van der Waals surface area contributed by atoms with E-state index in [-0.39, 0.29) is 11.7 Å². The van der Waals surface area contributed by atoms with Crippen LogP contribution in [-0.2, 0) is 6.42 Å². The smallest absolute Gasteiger partial charge is 0.291 e. The van der Waals surface area contributed by atoms with E-state index >= 15 is 0 Å². The summed E-state index contributed by atoms with van der Waals surface area (Å²) >= 11 is 15.5. The minimum Gasteiger partial charge on any atom is -0.455 e. The van der Waals surface area contributed by atoms with E-state index in [0.717, 1.165) is 12.0 Å². The minimum absolute atomic E-state index is 0.178. The highest BCUT2D eigenvalue weighted by Gasteiger charge is 2.28. The maximum atomic E-state index is 12.9. The van der Waals surface area contributed by atoms with Crippen LogP contribution < -0.4 is 10.7 Å². The fraction of sp³-hybridized carbons (Fsp3) is 0.174. The number of aryl methyl sites for hydroxylation is 1. The van der Waals surface area contributed by atoms with Gasteiger partial charge in [0, 0.05) is 27.0 Å². The van der Waals surface area contributed by atoms with Crippen molar-refractivity contribution in [2.45, 2.75) is 26.2 Å². The van der Waals surface area contributed by atoms with Gasteiger partial charge in [0.15, 0.2) is 5.76 Å². The fourth-order valence-corrected chi connectivity index (χ4v) is 4.39. The van der Waals surface area contributed by atoms with E-state index in [9.17, 15) is 9.59 Å². The molecule has 1 aliphatic rings. The Morgan fingerprint density at radius 3 is 2.66 bits per heavy atom. The molecule has 0 radical (unpaired) electrons. The van der Waals surface area contributed by atoms with Crippen molar-refractivity contribution >= 4 is 62.3 Å². The Morgan fingerprint density at radius 1 is 1.09 bits per heavy atom. The van der Waals surface area contributed by atoms with Crippen molar-refractivity contribution in [2.75, 3.05) is 5.32 Å². The highest BCUT2D eigenvalue weighted by atomic mass is 79.9. The average molecular weight is 535 g/mol. The van der Waals surface area contributed by atoms with E-state index in [4.69, 9.17) is 27.6 Å². The van der Waals surface area contributed by atoms with E-state index in [1.165, 1.54) is 0 Å². The van der Waals surface area contributed by atoms with Gasteiger partial charge in [0.2, 0.25) is 0 Å². The lowest BCUT2D eigenvalue weighted by Crippen LogP contribution is -2.22. The van der Waals surface area contributed by atoms with Crippen molar-refractivity contribution in [1.82, 2.24) is 5.43 Å². The minimum atomic E-state index is -0.433. The molecule has 0 bridgehead atoms. The molecule has 32 heavy (non-hydrogen) atoms. The number of anilines is 1. The number of carbonyl (C=O) groups excluding carboxylic acids is 2. The molecule has 2 amide bonds. The van der Waals surface area contributed by atoms with Crippen LogP contribution in [0.3, 0.4) is 0 Å². The zero-order valence-electron chi connectivity index (χ0n) is 17.0. The molecule has 0 saturated heterocycles. The van der Waals surface area contributed by atoms with Crippen LogP contribution in [0.4, 0.5) is 5.69 Å². The first-order valence-electron chi connectivity index (χ1n) is 9.85. The van der Waals surface area contributed by atoms with Crippen molar-refractivity contribution < 1.29 is 14.0 Å². The van der Waals surface area contributed by atoms with Gasteiger partial charge in [-0.25, -0.2) is 5.43 Å². The number of hydrazone groups is 1. The first kappa shape index (κ1) is 22.6. The van der Waals surface area contributed by atoms with Crippen LogP contribution >= 0.6 is 39.1 Å². The molecule has 0 saturated carbocycles. The molecule has 4 rings (SSSR count). The molecule has 9 heteroatoms. The maximum absolute atomic E-state index is 12.9. The van der Waals surface area contributed by atoms with Crippen molar-refractivity contribution in [1.29, 1.82) is 0 Å². The molecule has 0 spiro atoms. The van der Waals surface area contributed by atoms with Gasteiger partial charge in [-0.15, -0.1) is 0 Å². The predicted octanol–water partition coefficient (Wildman–Crippen LogP) is 6.38. The van der Waals surface area contributed by atoms with Crippen LogP contribution in [-0.4, -0.2) is 17.5 Å². The molecule has 6 nitrogen and oxygen atoms in total. The molecule has 164 valence electrons. The Hall–Kier alpha value is -2.61. The maximum Gasteiger partial charge on any atom is 0.291 e. The number of furan rings is 1. The Morgan fingerprint density at radius 2 is 1.88 bits per heavy atom. The lowest BCUT2D eigenvalue weighted by atomic mass is 9.93. The lowest BCUT2D eigenvalue weighted by Gasteiger charge is -2.13. The van der Waals surface area contributed by atoms with Crippen LogP contribution in [0.5, 0.6) is 0 Å². The Bertz CT molecular complexity index is 1250. The second-order valence-electron chi connectivity index (χ2n) is 7.27. The monoisotopic (exact) mass is 533 g/mol. The molecule has 0 unspecified atom stereocenters. The second-order valence-corrected chi connectivity index (χ2v) is 8.96. The summed E-state index contributed by atoms with van der Waals surface area (Å²) < 4.78 is 6.57. The third-order valence-electron chi connectivity index (χ3n) is 5.12. The summed E-state index contributed by atoms with van der Waals surface area (Å²) in [4.78, 5) is 25.4. The van der Waals surface area contributed by atoms with E-state index in [1.54, 1.807) is 43.3 Å². The van der Waals surface area contributed by atoms with Crippen molar-refractivity contribution in [3.8, 4) is 0 Å². The summed E-state index contributed by atoms with van der Waals surface area (Å²) in [6, 6.07) is 11.9. The third-order valence-corrected chi connectivity index (χ3v) is 6.38. The summed E-state index contributed by atoms with van der Waals surface area (Å²) in [7, 11) is 0. The quantitative estimate of drug-likeness (QED) is 0.381. The molecule has 3 aromatic rings. The van der Waals surface area contributed by atoms with Crippen molar-refractivity contribution in [3.05, 3.63) is 85.2 Å². The number of carbonyl (C=O) groups is 2. The van der Waals surface area contributed by atoms with Crippen LogP contribution in [0, 0.1) is 6.92 Å². The summed E-state index contributed by atoms with van der Waals surface area (Å²) in [5, 5.41) is 7.92. The molecular weight excluding hydrogens is 517 g/mol. The van der Waals surface area contributed by atoms with Crippen LogP contribution in [0.2, 0.25) is 10.0 Å². The van der Waals surface area contributed by atoms with Gasteiger partial charge in [-0.05, 0) is 66.0 Å². The zero-order chi connectivity index (χ0) is 22.8. The molecule has 1 heterocycles. The predicted molar refractivity (Wildman–Crippen MR) is 129 cm³/mol. The van der Waals surface area contributed by atoms with Gasteiger partial charge in [-0.2, -0.15) is 5.10 Å². The van der Waals surface area contributed by atoms with Crippen LogP contribution in [0.15, 0.2) is 56.5 Å². The molecular formula is C23H18BrCl2N3O3. The van der Waals surface area contributed by atoms with Gasteiger partial charge in [0.05, 0.1) is 22.0 Å². The SMILES string of the molecule is Cc1c(C(=O)Nc2cc(Cl)ccc2Cl)oc2c1/C(=N/NC(=O)c1ccccc1Br)CCC2. The molecule has 1 aliphatic carbocycles. The Labute approximate surface area is 203 Å². The number of benzene rings is 2. The summed E-state index contributed by atoms with van der Waals surface area (Å²) in [5.41, 5.74) is 5.58. The van der Waals surface area contributed by atoms with E-state index < -0.39 is 5.91 Å². The fourth-order valence-electron chi connectivity index (χ4n) is 3.59. The van der Waals surface area contributed by atoms with Gasteiger partial charge in [0.1, 0.15) is 5.76 Å². The van der Waals surface area contributed by atoms with Gasteiger partial charge in [0.25, 0.3) is 11.8 Å². The topological polar surface area (TPSA) is 83.7 Å². The number of amides is 2. The molecule has 2 aromatic carbocycles. The highest BCUT2D eigenvalue weighted by Crippen LogP contribution is 2.31. The van der Waals surface area contributed by atoms with Gasteiger partial charge in [-0.3, -0.25) is 9.59 Å². The standard InChI is InChI=1S/C23H18BrCl2N3O3/c1-12-20-17(28-29-22(30)14-5-2-3-6-15(14)24)7-4-8-19(20)32-21(12)23(31)27-18-11-13(25)9-10-16(18)26/h2-3,5-6,9-11H,4,7-8H2,1H3,(H,27,31)(H,29,30)/b28-17+. The second kappa shape index (κ2) is 9.48. The van der Waals surface area contributed by atoms with Crippen LogP contribution in [0.25, 0.3) is 0 Å². The first-order chi connectivity index (χ1) is 15.3. The van der Waals surface area contributed by atoms with Crippen molar-refractivity contribution in [3.63, 3.8) is 0 Å². The molecule has 2 N–H and O–H groups in total. The largest absolute Gasteiger partial charge is 0.455 e. The van der Waals surface area contributed by atoms with E-state index in [1.807, 2.05) is 6.07 Å². The normalized spacial score (nSPS) is 14.2. The van der Waals surface area contributed by atoms with Crippen LogP contribution in [0.1, 0.15) is 50.6 Å². The number of nitrogens with one attached hydrogen (secondary N) is 2. The van der Waals surface area contributed by atoms with E-state index in [0.29, 0.717) is 55.6 Å². The number of nitrogens with zero attached hydrogens (tertiary/aromatic N) is 1. The number of hydrogen-bond donors (Lipinski definition) is 2. The Kier molecular flexibility index (Phi) is 6.69. The average Bonchev–Trinajstić information content (AvgIpc) is 3.12. The Balaban J connectivity index is 1.59. The van der Waals surface area contributed by atoms with Gasteiger partial charge >= 0.3 is 0 Å². The van der Waals surface area contributed by atoms with Crippen molar-refractivity contribution in [2.24, 2.45) is 5.10 Å². The molecule has 1 aromatic heterocycles.